The standard InChI is InChI=1S/C21H22N4O/c26-21(24-13-10-15-6-2-1-3-7-15)25-18-14-16-8-4-11-22-19(16)17-9-5-12-23-20(17)18/h4-6,8-9,11-12,14H,1-3,7,10,13H2,(H2,24,25,26). The maximum atomic E-state index is 12.3. The van der Waals surface area contributed by atoms with Crippen LogP contribution in [0.5, 0.6) is 0 Å². The number of carbonyl (C=O) groups excluding carboxylic acids is 1. The summed E-state index contributed by atoms with van der Waals surface area (Å²) < 4.78 is 0. The predicted octanol–water partition coefficient (Wildman–Crippen LogP) is 4.80. The first kappa shape index (κ1) is 16.5. The molecule has 1 aromatic carbocycles. The summed E-state index contributed by atoms with van der Waals surface area (Å²) in [6.07, 6.45) is 11.6. The molecule has 5 nitrogen and oxygen atoms in total. The van der Waals surface area contributed by atoms with Crippen molar-refractivity contribution in [1.82, 2.24) is 15.3 Å². The van der Waals surface area contributed by atoms with Crippen LogP contribution >= 0.6 is 0 Å². The van der Waals surface area contributed by atoms with Gasteiger partial charge in [-0.3, -0.25) is 9.97 Å². The third kappa shape index (κ3) is 3.52. The Morgan fingerprint density at radius 3 is 2.77 bits per heavy atom. The first-order chi connectivity index (χ1) is 12.8. The molecule has 26 heavy (non-hydrogen) atoms. The number of nitrogens with one attached hydrogen (secondary N) is 2. The van der Waals surface area contributed by atoms with E-state index >= 15 is 0 Å². The summed E-state index contributed by atoms with van der Waals surface area (Å²) in [6, 6.07) is 9.49. The number of allylic oxidation sites excluding steroid dienone is 1. The van der Waals surface area contributed by atoms with Gasteiger partial charge in [0.2, 0.25) is 0 Å². The van der Waals surface area contributed by atoms with E-state index in [1.807, 2.05) is 30.3 Å². The van der Waals surface area contributed by atoms with Crippen LogP contribution in [-0.4, -0.2) is 22.5 Å². The Balaban J connectivity index is 1.50. The molecule has 0 saturated heterocycles. The number of nitrogens with zero attached hydrogens (tertiary/aromatic N) is 2. The summed E-state index contributed by atoms with van der Waals surface area (Å²) in [4.78, 5) is 21.3. The molecule has 132 valence electrons. The van der Waals surface area contributed by atoms with Crippen molar-refractivity contribution in [3.8, 4) is 0 Å². The molecule has 2 heterocycles. The van der Waals surface area contributed by atoms with E-state index in [0.29, 0.717) is 12.2 Å². The van der Waals surface area contributed by atoms with E-state index in [0.717, 1.165) is 34.6 Å². The van der Waals surface area contributed by atoms with Crippen molar-refractivity contribution in [1.29, 1.82) is 0 Å². The van der Waals surface area contributed by atoms with Crippen molar-refractivity contribution in [3.63, 3.8) is 0 Å². The number of benzene rings is 1. The van der Waals surface area contributed by atoms with Crippen molar-refractivity contribution in [2.24, 2.45) is 0 Å². The zero-order valence-corrected chi connectivity index (χ0v) is 14.7. The number of urea groups is 1. The highest BCUT2D eigenvalue weighted by Gasteiger charge is 2.11. The van der Waals surface area contributed by atoms with Crippen molar-refractivity contribution < 1.29 is 4.79 Å². The fourth-order valence-electron chi connectivity index (χ4n) is 3.52. The first-order valence-corrected chi connectivity index (χ1v) is 9.16. The number of pyridine rings is 2. The average molecular weight is 346 g/mol. The van der Waals surface area contributed by atoms with Crippen LogP contribution in [0.25, 0.3) is 21.8 Å². The van der Waals surface area contributed by atoms with Gasteiger partial charge in [0.25, 0.3) is 0 Å². The van der Waals surface area contributed by atoms with Crippen LogP contribution in [0.15, 0.2) is 54.4 Å². The lowest BCUT2D eigenvalue weighted by atomic mass is 9.97. The van der Waals surface area contributed by atoms with Crippen LogP contribution in [-0.2, 0) is 0 Å². The Morgan fingerprint density at radius 2 is 1.92 bits per heavy atom. The van der Waals surface area contributed by atoms with Gasteiger partial charge in [0, 0.05) is 29.7 Å². The minimum atomic E-state index is -0.198. The van der Waals surface area contributed by atoms with Crippen molar-refractivity contribution >= 4 is 33.5 Å². The summed E-state index contributed by atoms with van der Waals surface area (Å²) in [5.74, 6) is 0. The lowest BCUT2D eigenvalue weighted by Gasteiger charge is -2.14. The van der Waals surface area contributed by atoms with Crippen LogP contribution in [0.1, 0.15) is 32.1 Å². The fraction of sp³-hybridized carbons (Fsp3) is 0.286. The molecule has 2 aromatic heterocycles. The molecular weight excluding hydrogens is 324 g/mol. The van der Waals surface area contributed by atoms with Crippen LogP contribution < -0.4 is 10.6 Å². The summed E-state index contributed by atoms with van der Waals surface area (Å²) >= 11 is 0. The molecule has 0 unspecified atom stereocenters. The minimum absolute atomic E-state index is 0.198. The predicted molar refractivity (Wildman–Crippen MR) is 105 cm³/mol. The molecular formula is C21H22N4O. The van der Waals surface area contributed by atoms with Gasteiger partial charge in [-0.05, 0) is 56.4 Å². The van der Waals surface area contributed by atoms with Crippen molar-refractivity contribution in [3.05, 3.63) is 54.4 Å². The highest BCUT2D eigenvalue weighted by molar-refractivity contribution is 6.11. The number of amides is 2. The number of anilines is 1. The van der Waals surface area contributed by atoms with E-state index in [4.69, 9.17) is 0 Å². The molecule has 2 amide bonds. The SMILES string of the molecule is O=C(NCCC1=CCCCC1)Nc1cc2cccnc2c2cccnc12. The highest BCUT2D eigenvalue weighted by atomic mass is 16.2. The second kappa shape index (κ2) is 7.52. The minimum Gasteiger partial charge on any atom is -0.338 e. The average Bonchev–Trinajstić information content (AvgIpc) is 2.69. The summed E-state index contributed by atoms with van der Waals surface area (Å²) in [7, 11) is 0. The van der Waals surface area contributed by atoms with E-state index in [-0.39, 0.29) is 6.03 Å². The van der Waals surface area contributed by atoms with Gasteiger partial charge in [-0.1, -0.05) is 17.7 Å². The molecule has 4 rings (SSSR count). The molecule has 0 saturated carbocycles. The van der Waals surface area contributed by atoms with Gasteiger partial charge in [0.05, 0.1) is 16.7 Å². The number of hydrogen-bond donors (Lipinski definition) is 2. The molecule has 0 spiro atoms. The molecule has 0 aliphatic heterocycles. The van der Waals surface area contributed by atoms with Gasteiger partial charge < -0.3 is 10.6 Å². The maximum absolute atomic E-state index is 12.3. The topological polar surface area (TPSA) is 66.9 Å². The molecule has 0 atom stereocenters. The van der Waals surface area contributed by atoms with Crippen LogP contribution in [0.2, 0.25) is 0 Å². The Kier molecular flexibility index (Phi) is 4.78. The number of rotatable bonds is 4. The number of carbonyl (C=O) groups is 1. The molecule has 1 aliphatic rings. The Hall–Kier alpha value is -2.95. The summed E-state index contributed by atoms with van der Waals surface area (Å²) in [5.41, 5.74) is 3.81. The van der Waals surface area contributed by atoms with Gasteiger partial charge in [-0.15, -0.1) is 0 Å². The Bertz CT molecular complexity index is 980. The lowest BCUT2D eigenvalue weighted by molar-refractivity contribution is 0.252. The second-order valence-corrected chi connectivity index (χ2v) is 6.64. The molecule has 0 fully saturated rings. The normalized spacial score (nSPS) is 14.2. The van der Waals surface area contributed by atoms with Gasteiger partial charge in [0.15, 0.2) is 0 Å². The highest BCUT2D eigenvalue weighted by Crippen LogP contribution is 2.29. The summed E-state index contributed by atoms with van der Waals surface area (Å²) in [5, 5.41) is 7.83. The van der Waals surface area contributed by atoms with E-state index in [1.165, 1.54) is 24.8 Å². The van der Waals surface area contributed by atoms with Gasteiger partial charge in [0.1, 0.15) is 0 Å². The second-order valence-electron chi connectivity index (χ2n) is 6.64. The van der Waals surface area contributed by atoms with Gasteiger partial charge >= 0.3 is 6.03 Å². The largest absolute Gasteiger partial charge is 0.338 e. The lowest BCUT2D eigenvalue weighted by Crippen LogP contribution is -2.30. The fourth-order valence-corrected chi connectivity index (χ4v) is 3.52. The third-order valence-corrected chi connectivity index (χ3v) is 4.82. The third-order valence-electron chi connectivity index (χ3n) is 4.82. The molecule has 1 aliphatic carbocycles. The van der Waals surface area contributed by atoms with Crippen molar-refractivity contribution in [2.75, 3.05) is 11.9 Å². The van der Waals surface area contributed by atoms with E-state index in [1.54, 1.807) is 12.4 Å². The van der Waals surface area contributed by atoms with Crippen molar-refractivity contribution in [2.45, 2.75) is 32.1 Å². The molecule has 5 heteroatoms. The van der Waals surface area contributed by atoms with E-state index in [9.17, 15) is 4.79 Å². The quantitative estimate of drug-likeness (QED) is 0.527. The van der Waals surface area contributed by atoms with Crippen LogP contribution in [0, 0.1) is 0 Å². The van der Waals surface area contributed by atoms with Gasteiger partial charge in [-0.25, -0.2) is 4.79 Å². The zero-order chi connectivity index (χ0) is 17.8. The van der Waals surface area contributed by atoms with E-state index in [2.05, 4.69) is 26.7 Å². The molecule has 2 N–H and O–H groups in total. The maximum Gasteiger partial charge on any atom is 0.319 e. The van der Waals surface area contributed by atoms with Crippen LogP contribution in [0.3, 0.4) is 0 Å². The number of hydrogen-bond acceptors (Lipinski definition) is 3. The van der Waals surface area contributed by atoms with Crippen LogP contribution in [0.4, 0.5) is 10.5 Å². The Morgan fingerprint density at radius 1 is 1.08 bits per heavy atom. The number of fused-ring (bicyclic) bond motifs is 3. The molecule has 0 radical (unpaired) electrons. The Labute approximate surface area is 152 Å². The van der Waals surface area contributed by atoms with E-state index < -0.39 is 0 Å². The first-order valence-electron chi connectivity index (χ1n) is 9.16. The summed E-state index contributed by atoms with van der Waals surface area (Å²) in [6.45, 7) is 0.651. The number of aromatic nitrogens is 2. The smallest absolute Gasteiger partial charge is 0.319 e. The monoisotopic (exact) mass is 346 g/mol. The molecule has 3 aromatic rings. The molecule has 0 bridgehead atoms. The zero-order valence-electron chi connectivity index (χ0n) is 14.7. The van der Waals surface area contributed by atoms with Gasteiger partial charge in [-0.2, -0.15) is 0 Å².